The summed E-state index contributed by atoms with van der Waals surface area (Å²) in [5, 5.41) is 4.98. The summed E-state index contributed by atoms with van der Waals surface area (Å²) in [6, 6.07) is 79.4. The predicted molar refractivity (Wildman–Crippen MR) is 237 cm³/mol. The van der Waals surface area contributed by atoms with E-state index in [0.29, 0.717) is 0 Å². The maximum Gasteiger partial charge on any atom is 0.0641 e. The Kier molecular flexibility index (Phi) is 7.53. The predicted octanol–water partition coefficient (Wildman–Crippen LogP) is 14.5. The summed E-state index contributed by atoms with van der Waals surface area (Å²) < 4.78 is 4.94. The zero-order chi connectivity index (χ0) is 37.0. The Morgan fingerprint density at radius 1 is 0.232 bits per heavy atom. The average Bonchev–Trinajstić information content (AvgIpc) is 3.80. The van der Waals surface area contributed by atoms with Crippen LogP contribution in [0.25, 0.3) is 99.5 Å². The Labute approximate surface area is 325 Å². The largest absolute Gasteiger partial charge is 0.309 e. The minimum absolute atomic E-state index is 1.14. The second kappa shape index (κ2) is 13.2. The van der Waals surface area contributed by atoms with E-state index in [0.717, 1.165) is 11.4 Å². The Balaban J connectivity index is 1.13. The van der Waals surface area contributed by atoms with Gasteiger partial charge in [0.15, 0.2) is 0 Å². The molecule has 0 aliphatic rings. The van der Waals surface area contributed by atoms with Crippen LogP contribution in [-0.4, -0.2) is 9.13 Å². The van der Waals surface area contributed by atoms with E-state index in [2.05, 4.69) is 228 Å². The van der Waals surface area contributed by atoms with Gasteiger partial charge in [-0.15, -0.1) is 0 Å². The van der Waals surface area contributed by atoms with Crippen molar-refractivity contribution in [2.45, 2.75) is 0 Å². The lowest BCUT2D eigenvalue weighted by Crippen LogP contribution is -1.97. The van der Waals surface area contributed by atoms with Crippen LogP contribution in [0.3, 0.4) is 0 Å². The highest BCUT2D eigenvalue weighted by atomic mass is 15.0. The molecule has 262 valence electrons. The topological polar surface area (TPSA) is 9.86 Å². The van der Waals surface area contributed by atoms with E-state index < -0.39 is 0 Å². The molecule has 2 heterocycles. The molecule has 11 rings (SSSR count). The molecule has 2 nitrogen and oxygen atoms in total. The van der Waals surface area contributed by atoms with Gasteiger partial charge in [0.2, 0.25) is 0 Å². The zero-order valence-electron chi connectivity index (χ0n) is 30.7. The molecular formula is C54H36N2. The van der Waals surface area contributed by atoms with E-state index >= 15 is 0 Å². The van der Waals surface area contributed by atoms with Crippen LogP contribution in [0.4, 0.5) is 0 Å². The Bertz CT molecular complexity index is 3130. The lowest BCUT2D eigenvalue weighted by molar-refractivity contribution is 1.17. The number of rotatable bonds is 6. The number of para-hydroxylation sites is 2. The Hall–Kier alpha value is -7.42. The molecule has 0 saturated heterocycles. The molecule has 2 aromatic heterocycles. The van der Waals surface area contributed by atoms with Crippen LogP contribution >= 0.6 is 0 Å². The molecule has 0 N–H and O–H groups in total. The maximum absolute atomic E-state index is 2.50. The fourth-order valence-electron chi connectivity index (χ4n) is 8.68. The van der Waals surface area contributed by atoms with Gasteiger partial charge in [0.1, 0.15) is 0 Å². The maximum atomic E-state index is 2.50. The highest BCUT2D eigenvalue weighted by Gasteiger charge is 2.21. The summed E-state index contributed by atoms with van der Waals surface area (Å²) in [6.07, 6.45) is 0. The fraction of sp³-hybridized carbons (Fsp3) is 0. The molecule has 0 amide bonds. The first-order chi connectivity index (χ1) is 27.8. The first-order valence-corrected chi connectivity index (χ1v) is 19.3. The lowest BCUT2D eigenvalue weighted by Gasteiger charge is -2.15. The highest BCUT2D eigenvalue weighted by Crippen LogP contribution is 2.43. The van der Waals surface area contributed by atoms with Gasteiger partial charge in [-0.2, -0.15) is 0 Å². The molecule has 2 heteroatoms. The molecule has 56 heavy (non-hydrogen) atoms. The lowest BCUT2D eigenvalue weighted by atomic mass is 9.98. The monoisotopic (exact) mass is 712 g/mol. The van der Waals surface area contributed by atoms with Crippen LogP contribution in [0.15, 0.2) is 218 Å². The Morgan fingerprint density at radius 3 is 1.21 bits per heavy atom. The molecule has 0 spiro atoms. The van der Waals surface area contributed by atoms with Crippen molar-refractivity contribution in [2.75, 3.05) is 0 Å². The van der Waals surface area contributed by atoms with Crippen LogP contribution in [0, 0.1) is 0 Å². The third kappa shape index (κ3) is 5.26. The van der Waals surface area contributed by atoms with Crippen LogP contribution < -0.4 is 0 Å². The van der Waals surface area contributed by atoms with E-state index in [-0.39, 0.29) is 0 Å². The summed E-state index contributed by atoms with van der Waals surface area (Å²) in [7, 11) is 0. The van der Waals surface area contributed by atoms with Crippen molar-refractivity contribution in [3.05, 3.63) is 218 Å². The third-order valence-electron chi connectivity index (χ3n) is 11.3. The van der Waals surface area contributed by atoms with Gasteiger partial charge in [-0.25, -0.2) is 0 Å². The third-order valence-corrected chi connectivity index (χ3v) is 11.3. The number of nitrogens with zero attached hydrogens (tertiary/aromatic N) is 2. The second-order valence-electron chi connectivity index (χ2n) is 14.6. The van der Waals surface area contributed by atoms with Crippen molar-refractivity contribution in [1.82, 2.24) is 9.13 Å². The minimum Gasteiger partial charge on any atom is -0.309 e. The van der Waals surface area contributed by atoms with Gasteiger partial charge >= 0.3 is 0 Å². The van der Waals surface area contributed by atoms with Crippen molar-refractivity contribution in [3.63, 3.8) is 0 Å². The molecule has 0 bridgehead atoms. The molecule has 0 unspecified atom stereocenters. The van der Waals surface area contributed by atoms with E-state index in [1.807, 2.05) is 0 Å². The summed E-state index contributed by atoms with van der Waals surface area (Å²) in [5.74, 6) is 0. The van der Waals surface area contributed by atoms with Crippen molar-refractivity contribution < 1.29 is 0 Å². The van der Waals surface area contributed by atoms with Gasteiger partial charge in [0.05, 0.1) is 22.1 Å². The minimum atomic E-state index is 1.14. The van der Waals surface area contributed by atoms with E-state index in [1.165, 1.54) is 88.1 Å². The molecule has 0 fully saturated rings. The van der Waals surface area contributed by atoms with Crippen LogP contribution in [0.5, 0.6) is 0 Å². The molecule has 0 aliphatic carbocycles. The van der Waals surface area contributed by atoms with E-state index in [9.17, 15) is 0 Å². The zero-order valence-corrected chi connectivity index (χ0v) is 30.7. The first-order valence-electron chi connectivity index (χ1n) is 19.3. The van der Waals surface area contributed by atoms with Gasteiger partial charge in [0, 0.05) is 32.9 Å². The fourth-order valence-corrected chi connectivity index (χ4v) is 8.68. The van der Waals surface area contributed by atoms with E-state index in [4.69, 9.17) is 0 Å². The normalized spacial score (nSPS) is 11.6. The second-order valence-corrected chi connectivity index (χ2v) is 14.6. The van der Waals surface area contributed by atoms with Gasteiger partial charge in [-0.1, -0.05) is 170 Å². The molecular weight excluding hydrogens is 677 g/mol. The summed E-state index contributed by atoms with van der Waals surface area (Å²) in [4.78, 5) is 0. The summed E-state index contributed by atoms with van der Waals surface area (Å²) in [5.41, 5.74) is 16.7. The van der Waals surface area contributed by atoms with Crippen molar-refractivity contribution in [2.24, 2.45) is 0 Å². The van der Waals surface area contributed by atoms with Gasteiger partial charge in [-0.3, -0.25) is 0 Å². The number of aromatic nitrogens is 2. The molecule has 9 aromatic carbocycles. The van der Waals surface area contributed by atoms with Crippen LogP contribution in [0.2, 0.25) is 0 Å². The summed E-state index contributed by atoms with van der Waals surface area (Å²) in [6.45, 7) is 0. The smallest absolute Gasteiger partial charge is 0.0641 e. The molecule has 0 atom stereocenters. The van der Waals surface area contributed by atoms with Crippen molar-refractivity contribution >= 4 is 43.6 Å². The highest BCUT2D eigenvalue weighted by molar-refractivity contribution is 6.26. The van der Waals surface area contributed by atoms with Crippen molar-refractivity contribution in [1.29, 1.82) is 0 Å². The first kappa shape index (κ1) is 32.0. The van der Waals surface area contributed by atoms with Crippen LogP contribution in [-0.2, 0) is 0 Å². The van der Waals surface area contributed by atoms with Gasteiger partial charge in [0.25, 0.3) is 0 Å². The number of hydrogen-bond acceptors (Lipinski definition) is 0. The average molecular weight is 713 g/mol. The van der Waals surface area contributed by atoms with Gasteiger partial charge in [-0.05, 0) is 93.0 Å². The molecule has 0 saturated carbocycles. The quantitative estimate of drug-likeness (QED) is 0.162. The number of benzene rings is 9. The van der Waals surface area contributed by atoms with Crippen LogP contribution in [0.1, 0.15) is 0 Å². The molecule has 0 aliphatic heterocycles. The summed E-state index contributed by atoms with van der Waals surface area (Å²) >= 11 is 0. The van der Waals surface area contributed by atoms with Gasteiger partial charge < -0.3 is 9.13 Å². The number of hydrogen-bond donors (Lipinski definition) is 0. The SMILES string of the molecule is c1ccc(-c2ccc(-c3ccc(-n4c5ccccc5c5c4ccc4c6ccccc6n(-c6cc(-c7ccccc7)cc(-c7ccccc7)c6)c45)cc3)cc2)cc1. The molecule has 11 aromatic rings. The standard InChI is InChI=1S/C54H36N2/c1-4-14-37(15-5-1)40-24-26-41(27-25-40)42-28-30-45(31-29-42)55-51-23-13-11-21-49(51)53-52(55)33-32-48-47-20-10-12-22-50(47)56(54(48)53)46-35-43(38-16-6-2-7-17-38)34-44(36-46)39-18-8-3-9-19-39/h1-36H. The van der Waals surface area contributed by atoms with E-state index in [1.54, 1.807) is 0 Å². The Morgan fingerprint density at radius 2 is 0.661 bits per heavy atom. The molecule has 0 radical (unpaired) electrons. The van der Waals surface area contributed by atoms with Crippen molar-refractivity contribution in [3.8, 4) is 55.9 Å². The number of fused-ring (bicyclic) bond motifs is 7.